The SMILES string of the molecule is COC(=O)c1c(Oc2ccc(Cl)cc2)[nH]c2ccccc12. The van der Waals surface area contributed by atoms with Crippen LogP contribution in [0.15, 0.2) is 48.5 Å². The van der Waals surface area contributed by atoms with Crippen molar-refractivity contribution < 1.29 is 14.3 Å². The lowest BCUT2D eigenvalue weighted by Crippen LogP contribution is -2.02. The Morgan fingerprint density at radius 3 is 2.52 bits per heavy atom. The summed E-state index contributed by atoms with van der Waals surface area (Å²) in [5, 5.41) is 1.38. The Kier molecular flexibility index (Phi) is 3.54. The van der Waals surface area contributed by atoms with Gasteiger partial charge in [0.25, 0.3) is 0 Å². The summed E-state index contributed by atoms with van der Waals surface area (Å²) in [4.78, 5) is 15.1. The van der Waals surface area contributed by atoms with Gasteiger partial charge in [0.15, 0.2) is 0 Å². The Morgan fingerprint density at radius 1 is 1.10 bits per heavy atom. The largest absolute Gasteiger partial charge is 0.465 e. The van der Waals surface area contributed by atoms with Crippen LogP contribution in [0.4, 0.5) is 0 Å². The fraction of sp³-hybridized carbons (Fsp3) is 0.0625. The predicted molar refractivity (Wildman–Crippen MR) is 81.2 cm³/mol. The van der Waals surface area contributed by atoms with E-state index in [-0.39, 0.29) is 0 Å². The van der Waals surface area contributed by atoms with E-state index < -0.39 is 5.97 Å². The standard InChI is InChI=1S/C16H12ClNO3/c1-20-16(19)14-12-4-2-3-5-13(12)18-15(14)21-11-8-6-10(17)7-9-11/h2-9,18H,1H3. The molecule has 21 heavy (non-hydrogen) atoms. The summed E-state index contributed by atoms with van der Waals surface area (Å²) < 4.78 is 10.6. The van der Waals surface area contributed by atoms with Crippen LogP contribution in [0.2, 0.25) is 5.02 Å². The molecule has 0 atom stereocenters. The van der Waals surface area contributed by atoms with Crippen LogP contribution in [0, 0.1) is 0 Å². The Labute approximate surface area is 126 Å². The number of H-pyrrole nitrogens is 1. The lowest BCUT2D eigenvalue weighted by Gasteiger charge is -2.06. The van der Waals surface area contributed by atoms with Gasteiger partial charge in [-0.05, 0) is 30.3 Å². The van der Waals surface area contributed by atoms with E-state index >= 15 is 0 Å². The molecule has 5 heteroatoms. The zero-order valence-electron chi connectivity index (χ0n) is 11.2. The molecule has 3 rings (SSSR count). The molecular formula is C16H12ClNO3. The normalized spacial score (nSPS) is 10.6. The molecule has 0 unspecified atom stereocenters. The Bertz CT molecular complexity index is 793. The first-order chi connectivity index (χ1) is 10.2. The van der Waals surface area contributed by atoms with Crippen LogP contribution in [-0.4, -0.2) is 18.1 Å². The number of nitrogens with one attached hydrogen (secondary N) is 1. The third kappa shape index (κ3) is 2.58. The molecule has 0 spiro atoms. The number of esters is 1. The third-order valence-electron chi connectivity index (χ3n) is 3.09. The molecule has 0 bridgehead atoms. The number of halogens is 1. The van der Waals surface area contributed by atoms with Crippen LogP contribution in [0.5, 0.6) is 11.6 Å². The van der Waals surface area contributed by atoms with Crippen LogP contribution in [0.1, 0.15) is 10.4 Å². The molecule has 0 aliphatic rings. The number of methoxy groups -OCH3 is 1. The number of aromatic amines is 1. The third-order valence-corrected chi connectivity index (χ3v) is 3.35. The molecule has 1 aromatic heterocycles. The van der Waals surface area contributed by atoms with Gasteiger partial charge >= 0.3 is 5.97 Å². The van der Waals surface area contributed by atoms with Crippen molar-refractivity contribution in [1.29, 1.82) is 0 Å². The molecule has 0 saturated carbocycles. The summed E-state index contributed by atoms with van der Waals surface area (Å²) in [5.41, 5.74) is 1.19. The molecule has 0 saturated heterocycles. The molecular weight excluding hydrogens is 290 g/mol. The van der Waals surface area contributed by atoms with Crippen LogP contribution in [-0.2, 0) is 4.74 Å². The number of aromatic nitrogens is 1. The van der Waals surface area contributed by atoms with Gasteiger partial charge < -0.3 is 14.5 Å². The Morgan fingerprint density at radius 2 is 1.81 bits per heavy atom. The Hall–Kier alpha value is -2.46. The van der Waals surface area contributed by atoms with Crippen molar-refractivity contribution in [2.75, 3.05) is 7.11 Å². The van der Waals surface area contributed by atoms with E-state index in [1.165, 1.54) is 7.11 Å². The average Bonchev–Trinajstić information content (AvgIpc) is 2.86. The highest BCUT2D eigenvalue weighted by molar-refractivity contribution is 6.30. The summed E-state index contributed by atoms with van der Waals surface area (Å²) in [6.45, 7) is 0. The number of carbonyl (C=O) groups is 1. The molecule has 1 N–H and O–H groups in total. The van der Waals surface area contributed by atoms with E-state index in [4.69, 9.17) is 21.1 Å². The maximum Gasteiger partial charge on any atom is 0.344 e. The first-order valence-electron chi connectivity index (χ1n) is 6.31. The van der Waals surface area contributed by atoms with Crippen molar-refractivity contribution in [3.63, 3.8) is 0 Å². The number of rotatable bonds is 3. The first-order valence-corrected chi connectivity index (χ1v) is 6.69. The first kappa shape index (κ1) is 13.5. The monoisotopic (exact) mass is 301 g/mol. The van der Waals surface area contributed by atoms with Gasteiger partial charge in [0, 0.05) is 15.9 Å². The fourth-order valence-electron chi connectivity index (χ4n) is 2.12. The average molecular weight is 302 g/mol. The zero-order chi connectivity index (χ0) is 14.8. The summed E-state index contributed by atoms with van der Waals surface area (Å²) in [6, 6.07) is 14.3. The molecule has 2 aromatic carbocycles. The maximum absolute atomic E-state index is 12.0. The van der Waals surface area contributed by atoms with Crippen molar-refractivity contribution in [3.05, 3.63) is 59.1 Å². The van der Waals surface area contributed by atoms with Crippen molar-refractivity contribution in [2.24, 2.45) is 0 Å². The minimum Gasteiger partial charge on any atom is -0.465 e. The number of benzene rings is 2. The number of hydrogen-bond acceptors (Lipinski definition) is 3. The number of para-hydroxylation sites is 1. The number of ether oxygens (including phenoxy) is 2. The second-order valence-corrected chi connectivity index (χ2v) is 4.86. The second kappa shape index (κ2) is 5.50. The molecule has 0 aliphatic carbocycles. The van der Waals surface area contributed by atoms with Crippen molar-refractivity contribution in [3.8, 4) is 11.6 Å². The molecule has 4 nitrogen and oxygen atoms in total. The molecule has 106 valence electrons. The van der Waals surface area contributed by atoms with Gasteiger partial charge in [-0.1, -0.05) is 29.8 Å². The summed E-state index contributed by atoms with van der Waals surface area (Å²) in [5.74, 6) is 0.484. The maximum atomic E-state index is 12.0. The topological polar surface area (TPSA) is 51.3 Å². The van der Waals surface area contributed by atoms with E-state index in [9.17, 15) is 4.79 Å². The number of carbonyl (C=O) groups excluding carboxylic acids is 1. The highest BCUT2D eigenvalue weighted by Crippen LogP contribution is 2.32. The smallest absolute Gasteiger partial charge is 0.344 e. The molecule has 0 aliphatic heterocycles. The minimum absolute atomic E-state index is 0.352. The van der Waals surface area contributed by atoms with Crippen LogP contribution in [0.3, 0.4) is 0 Å². The zero-order valence-corrected chi connectivity index (χ0v) is 12.0. The number of hydrogen-bond donors (Lipinski definition) is 1. The van der Waals surface area contributed by atoms with Crippen LogP contribution >= 0.6 is 11.6 Å². The molecule has 3 aromatic rings. The highest BCUT2D eigenvalue weighted by Gasteiger charge is 2.20. The van der Waals surface area contributed by atoms with Crippen LogP contribution in [0.25, 0.3) is 10.9 Å². The second-order valence-electron chi connectivity index (χ2n) is 4.42. The lowest BCUT2D eigenvalue weighted by atomic mass is 10.2. The Balaban J connectivity index is 2.08. The van der Waals surface area contributed by atoms with Gasteiger partial charge in [0.05, 0.1) is 7.11 Å². The summed E-state index contributed by atoms with van der Waals surface area (Å²) in [7, 11) is 1.34. The molecule has 0 radical (unpaired) electrons. The van der Waals surface area contributed by atoms with Crippen molar-refractivity contribution >= 4 is 28.5 Å². The van der Waals surface area contributed by atoms with E-state index in [1.54, 1.807) is 24.3 Å². The lowest BCUT2D eigenvalue weighted by molar-refractivity contribution is 0.0600. The van der Waals surface area contributed by atoms with Crippen molar-refractivity contribution in [1.82, 2.24) is 4.98 Å². The van der Waals surface area contributed by atoms with Gasteiger partial charge in [0.1, 0.15) is 11.3 Å². The number of fused-ring (bicyclic) bond motifs is 1. The fourth-order valence-corrected chi connectivity index (χ4v) is 2.24. The molecule has 0 amide bonds. The minimum atomic E-state index is -0.448. The van der Waals surface area contributed by atoms with E-state index in [0.29, 0.717) is 22.2 Å². The van der Waals surface area contributed by atoms with E-state index in [2.05, 4.69) is 4.98 Å². The van der Waals surface area contributed by atoms with Gasteiger partial charge in [-0.3, -0.25) is 0 Å². The summed E-state index contributed by atoms with van der Waals surface area (Å²) in [6.07, 6.45) is 0. The molecule has 0 fully saturated rings. The molecule has 1 heterocycles. The van der Waals surface area contributed by atoms with Gasteiger partial charge in [-0.2, -0.15) is 0 Å². The summed E-state index contributed by atoms with van der Waals surface area (Å²) >= 11 is 5.85. The van der Waals surface area contributed by atoms with Gasteiger partial charge in [-0.15, -0.1) is 0 Å². The van der Waals surface area contributed by atoms with Gasteiger partial charge in [-0.25, -0.2) is 4.79 Å². The van der Waals surface area contributed by atoms with E-state index in [1.807, 2.05) is 24.3 Å². The van der Waals surface area contributed by atoms with Crippen molar-refractivity contribution in [2.45, 2.75) is 0 Å². The quantitative estimate of drug-likeness (QED) is 0.729. The predicted octanol–water partition coefficient (Wildman–Crippen LogP) is 4.40. The highest BCUT2D eigenvalue weighted by atomic mass is 35.5. The van der Waals surface area contributed by atoms with Gasteiger partial charge in [0.2, 0.25) is 5.88 Å². The van der Waals surface area contributed by atoms with E-state index in [0.717, 1.165) is 10.9 Å². The van der Waals surface area contributed by atoms with Crippen LogP contribution < -0.4 is 4.74 Å².